The summed E-state index contributed by atoms with van der Waals surface area (Å²) in [7, 11) is -3.06. The molecule has 1 aliphatic rings. The molecule has 1 aromatic rings. The molecule has 1 fully saturated rings. The Bertz CT molecular complexity index is 654. The predicted octanol–water partition coefficient (Wildman–Crippen LogP) is 4.92. The van der Waals surface area contributed by atoms with Crippen LogP contribution >= 0.6 is 0 Å². The second kappa shape index (κ2) is 7.51. The first-order valence-corrected chi connectivity index (χ1v) is 10.4. The molecule has 136 valence electrons. The molecule has 1 saturated carbocycles. The lowest BCUT2D eigenvalue weighted by Crippen LogP contribution is -2.34. The molecule has 0 heterocycles. The average Bonchev–Trinajstić information content (AvgIpc) is 2.46. The molecule has 1 aliphatic carbocycles. The zero-order valence-electron chi connectivity index (χ0n) is 14.8. The average molecular weight is 358 g/mol. The molecule has 2 rings (SSSR count). The summed E-state index contributed by atoms with van der Waals surface area (Å²) >= 11 is 0. The fourth-order valence-corrected chi connectivity index (χ4v) is 4.79. The maximum Gasteiger partial charge on any atom is 0.155 e. The third kappa shape index (κ3) is 5.01. The summed E-state index contributed by atoms with van der Waals surface area (Å²) in [6.07, 6.45) is 5.32. The zero-order chi connectivity index (χ0) is 18.0. The maximum atomic E-state index is 13.7. The smallest absolute Gasteiger partial charge is 0.155 e. The topological polar surface area (TPSA) is 34.1 Å². The quantitative estimate of drug-likeness (QED) is 0.749. The summed E-state index contributed by atoms with van der Waals surface area (Å²) in [5.41, 5.74) is 0.564. The number of aryl methyl sites for hydroxylation is 1. The molecule has 5 heteroatoms. The Morgan fingerprint density at radius 3 is 2.17 bits per heavy atom. The van der Waals surface area contributed by atoms with E-state index in [-0.39, 0.29) is 11.7 Å². The molecular weight excluding hydrogens is 330 g/mol. The van der Waals surface area contributed by atoms with Crippen molar-refractivity contribution in [1.29, 1.82) is 0 Å². The van der Waals surface area contributed by atoms with Gasteiger partial charge in [-0.05, 0) is 69.9 Å². The van der Waals surface area contributed by atoms with Crippen LogP contribution in [-0.2, 0) is 16.3 Å². The van der Waals surface area contributed by atoms with Gasteiger partial charge in [0.15, 0.2) is 9.84 Å². The van der Waals surface area contributed by atoms with Crippen molar-refractivity contribution >= 4 is 9.84 Å². The number of sulfone groups is 1. The van der Waals surface area contributed by atoms with E-state index in [0.29, 0.717) is 17.9 Å². The number of rotatable bonds is 5. The Balaban J connectivity index is 1.81. The largest absolute Gasteiger partial charge is 0.228 e. The molecule has 0 spiro atoms. The molecule has 0 amide bonds. The maximum absolute atomic E-state index is 13.7. The van der Waals surface area contributed by atoms with E-state index in [1.807, 2.05) is 0 Å². The van der Waals surface area contributed by atoms with E-state index in [1.165, 1.54) is 12.1 Å². The molecule has 0 unspecified atom stereocenters. The van der Waals surface area contributed by atoms with Gasteiger partial charge >= 0.3 is 0 Å². The van der Waals surface area contributed by atoms with Crippen LogP contribution in [0.1, 0.15) is 58.4 Å². The highest BCUT2D eigenvalue weighted by molar-refractivity contribution is 7.92. The first kappa shape index (κ1) is 19.4. The normalized spacial score (nSPS) is 22.5. The Kier molecular flexibility index (Phi) is 6.05. The van der Waals surface area contributed by atoms with Crippen LogP contribution in [0.5, 0.6) is 0 Å². The van der Waals surface area contributed by atoms with Crippen molar-refractivity contribution in [3.63, 3.8) is 0 Å². The van der Waals surface area contributed by atoms with Gasteiger partial charge in [-0.3, -0.25) is 0 Å². The summed E-state index contributed by atoms with van der Waals surface area (Å²) in [5, 5.41) is 0. The van der Waals surface area contributed by atoms with Crippen LogP contribution in [0.15, 0.2) is 18.2 Å². The van der Waals surface area contributed by atoms with Crippen LogP contribution in [0.2, 0.25) is 0 Å². The predicted molar refractivity (Wildman–Crippen MR) is 93.7 cm³/mol. The van der Waals surface area contributed by atoms with Gasteiger partial charge in [0.05, 0.1) is 10.5 Å². The lowest BCUT2D eigenvalue weighted by atomic mass is 9.80. The molecule has 0 N–H and O–H groups in total. The van der Waals surface area contributed by atoms with Gasteiger partial charge in [0.25, 0.3) is 0 Å². The highest BCUT2D eigenvalue weighted by Gasteiger charge is 2.33. The Labute approximate surface area is 144 Å². The minimum atomic E-state index is -3.06. The summed E-state index contributed by atoms with van der Waals surface area (Å²) in [6.45, 7) is 5.27. The summed E-state index contributed by atoms with van der Waals surface area (Å²) in [4.78, 5) is 0. The molecule has 0 radical (unpaired) electrons. The second-order valence-corrected chi connectivity index (χ2v) is 10.8. The molecule has 1 aromatic carbocycles. The van der Waals surface area contributed by atoms with Crippen molar-refractivity contribution in [3.8, 4) is 0 Å². The van der Waals surface area contributed by atoms with Gasteiger partial charge in [0, 0.05) is 6.07 Å². The summed E-state index contributed by atoms with van der Waals surface area (Å²) in [5.74, 6) is 0.00311. The van der Waals surface area contributed by atoms with Crippen molar-refractivity contribution in [3.05, 3.63) is 35.4 Å². The highest BCUT2D eigenvalue weighted by Crippen LogP contribution is 2.34. The summed E-state index contributed by atoms with van der Waals surface area (Å²) < 4.78 is 50.5. The van der Waals surface area contributed by atoms with Crippen LogP contribution in [0.25, 0.3) is 0 Å². The van der Waals surface area contributed by atoms with Crippen molar-refractivity contribution in [2.45, 2.75) is 64.0 Å². The lowest BCUT2D eigenvalue weighted by molar-refractivity contribution is 0.277. The van der Waals surface area contributed by atoms with E-state index in [4.69, 9.17) is 0 Å². The van der Waals surface area contributed by atoms with E-state index >= 15 is 0 Å². The standard InChI is InChI=1S/C19H28F2O2S/c1-19(2,3)24(22,23)13-15-6-4-14(5-7-15)8-9-16-10-11-17(20)12-18(16)21/h10-12,14-15H,4-9,13H2,1-3H3. The number of hydrogen-bond donors (Lipinski definition) is 0. The monoisotopic (exact) mass is 358 g/mol. The number of halogens is 2. The van der Waals surface area contributed by atoms with Gasteiger partial charge in [0.1, 0.15) is 11.6 Å². The van der Waals surface area contributed by atoms with E-state index in [9.17, 15) is 17.2 Å². The lowest BCUT2D eigenvalue weighted by Gasteiger charge is -2.30. The van der Waals surface area contributed by atoms with E-state index < -0.39 is 26.2 Å². The van der Waals surface area contributed by atoms with E-state index in [0.717, 1.165) is 38.2 Å². The van der Waals surface area contributed by atoms with Gasteiger partial charge in [-0.2, -0.15) is 0 Å². The minimum Gasteiger partial charge on any atom is -0.228 e. The van der Waals surface area contributed by atoms with Crippen molar-refractivity contribution in [1.82, 2.24) is 0 Å². The molecule has 24 heavy (non-hydrogen) atoms. The Morgan fingerprint density at radius 2 is 1.62 bits per heavy atom. The summed E-state index contributed by atoms with van der Waals surface area (Å²) in [6, 6.07) is 3.75. The number of benzene rings is 1. The molecular formula is C19H28F2O2S. The first-order valence-electron chi connectivity index (χ1n) is 8.75. The number of hydrogen-bond acceptors (Lipinski definition) is 2. The molecule has 0 aliphatic heterocycles. The third-order valence-corrected chi connectivity index (χ3v) is 7.97. The Morgan fingerprint density at radius 1 is 1.04 bits per heavy atom. The molecule has 0 aromatic heterocycles. The van der Waals surface area contributed by atoms with Crippen LogP contribution in [0, 0.1) is 23.5 Å². The molecule has 0 saturated heterocycles. The Hall–Kier alpha value is -0.970. The van der Waals surface area contributed by atoms with Gasteiger partial charge in [-0.1, -0.05) is 18.9 Å². The van der Waals surface area contributed by atoms with E-state index in [2.05, 4.69) is 0 Å². The van der Waals surface area contributed by atoms with Crippen molar-refractivity contribution < 1.29 is 17.2 Å². The van der Waals surface area contributed by atoms with E-state index in [1.54, 1.807) is 20.8 Å². The zero-order valence-corrected chi connectivity index (χ0v) is 15.6. The van der Waals surface area contributed by atoms with Crippen molar-refractivity contribution in [2.24, 2.45) is 11.8 Å². The molecule has 0 atom stereocenters. The highest BCUT2D eigenvalue weighted by atomic mass is 32.2. The van der Waals surface area contributed by atoms with Crippen LogP contribution in [-0.4, -0.2) is 18.9 Å². The van der Waals surface area contributed by atoms with Gasteiger partial charge in [-0.25, -0.2) is 17.2 Å². The molecule has 2 nitrogen and oxygen atoms in total. The van der Waals surface area contributed by atoms with Crippen LogP contribution in [0.3, 0.4) is 0 Å². The fraction of sp³-hybridized carbons (Fsp3) is 0.684. The van der Waals surface area contributed by atoms with Gasteiger partial charge in [0.2, 0.25) is 0 Å². The van der Waals surface area contributed by atoms with Gasteiger partial charge in [-0.15, -0.1) is 0 Å². The van der Waals surface area contributed by atoms with Crippen LogP contribution in [0.4, 0.5) is 8.78 Å². The molecule has 0 bridgehead atoms. The van der Waals surface area contributed by atoms with Crippen molar-refractivity contribution in [2.75, 3.05) is 5.75 Å². The SMILES string of the molecule is CC(C)(C)S(=O)(=O)CC1CCC(CCc2ccc(F)cc2F)CC1. The minimum absolute atomic E-state index is 0.244. The fourth-order valence-electron chi connectivity index (χ4n) is 3.33. The first-order chi connectivity index (χ1) is 11.1. The van der Waals surface area contributed by atoms with Crippen LogP contribution < -0.4 is 0 Å². The second-order valence-electron chi connectivity index (χ2n) is 8.05. The third-order valence-electron chi connectivity index (χ3n) is 5.19. The van der Waals surface area contributed by atoms with Gasteiger partial charge < -0.3 is 0 Å².